The van der Waals surface area contributed by atoms with E-state index in [9.17, 15) is 14.4 Å². The van der Waals surface area contributed by atoms with Gasteiger partial charge in [0, 0.05) is 24.2 Å². The van der Waals surface area contributed by atoms with Crippen LogP contribution in [0.1, 0.15) is 45.1 Å². The Morgan fingerprint density at radius 3 is 2.62 bits per heavy atom. The molecule has 2 aromatic carbocycles. The molecular formula is C27H31N5O4S. The number of benzene rings is 2. The molecule has 0 unspecified atom stereocenters. The van der Waals surface area contributed by atoms with Crippen molar-refractivity contribution >= 4 is 51.9 Å². The maximum atomic E-state index is 13.3. The minimum atomic E-state index is -0.665. The summed E-state index contributed by atoms with van der Waals surface area (Å²) in [5.74, 6) is 0.778. The summed E-state index contributed by atoms with van der Waals surface area (Å²) in [5, 5.41) is 6.14. The van der Waals surface area contributed by atoms with Gasteiger partial charge in [0.25, 0.3) is 5.91 Å². The highest BCUT2D eigenvalue weighted by atomic mass is 32.2. The Hall–Kier alpha value is -3.66. The average Bonchev–Trinajstić information content (AvgIpc) is 3.24. The predicted molar refractivity (Wildman–Crippen MR) is 147 cm³/mol. The predicted octanol–water partition coefficient (Wildman–Crippen LogP) is 4.11. The van der Waals surface area contributed by atoms with Crippen molar-refractivity contribution in [2.75, 3.05) is 24.2 Å². The first-order valence-electron chi connectivity index (χ1n) is 12.5. The lowest BCUT2D eigenvalue weighted by molar-refractivity contribution is -0.125. The van der Waals surface area contributed by atoms with Crippen molar-refractivity contribution in [2.45, 2.75) is 45.6 Å². The Balaban J connectivity index is 1.42. The Labute approximate surface area is 220 Å². The van der Waals surface area contributed by atoms with Crippen LogP contribution in [0.2, 0.25) is 0 Å². The fourth-order valence-electron chi connectivity index (χ4n) is 3.98. The van der Waals surface area contributed by atoms with Crippen molar-refractivity contribution in [3.63, 3.8) is 0 Å². The largest absolute Gasteiger partial charge is 0.494 e. The molecule has 2 aliphatic rings. The molecule has 2 aromatic rings. The van der Waals surface area contributed by atoms with Crippen LogP contribution >= 0.6 is 11.8 Å². The molecule has 2 heterocycles. The number of nitrogens with zero attached hydrogens (tertiary/aromatic N) is 3. The molecule has 0 saturated carbocycles. The fourth-order valence-corrected chi connectivity index (χ4v) is 4.78. The van der Waals surface area contributed by atoms with E-state index < -0.39 is 6.04 Å². The molecule has 0 bridgehead atoms. The second-order valence-corrected chi connectivity index (χ2v) is 9.53. The van der Waals surface area contributed by atoms with E-state index in [-0.39, 0.29) is 29.9 Å². The van der Waals surface area contributed by atoms with Crippen LogP contribution in [-0.2, 0) is 14.4 Å². The standard InChI is InChI=1S/C27H31N5O4S/c1-3-5-16-28-23(33)15-14-22-26(35)32-25(30-22)20-8-6-7-9-21(20)31-27(32)37-17-24(34)29-18-10-12-19(13-11-18)36-4-2/h6-13,22H,3-5,14-17H2,1-2H3,(H,28,33)(H,29,34)/t22-/m1/s1. The summed E-state index contributed by atoms with van der Waals surface area (Å²) in [5.41, 5.74) is 2.10. The molecular weight excluding hydrogens is 490 g/mol. The highest BCUT2D eigenvalue weighted by molar-refractivity contribution is 8.14. The zero-order valence-corrected chi connectivity index (χ0v) is 21.8. The maximum Gasteiger partial charge on any atom is 0.259 e. The smallest absolute Gasteiger partial charge is 0.259 e. The van der Waals surface area contributed by atoms with Gasteiger partial charge in [-0.1, -0.05) is 37.2 Å². The third-order valence-electron chi connectivity index (χ3n) is 5.83. The molecule has 4 rings (SSSR count). The van der Waals surface area contributed by atoms with E-state index in [1.54, 1.807) is 24.3 Å². The lowest BCUT2D eigenvalue weighted by atomic mass is 10.1. The van der Waals surface area contributed by atoms with Gasteiger partial charge in [0.2, 0.25) is 11.8 Å². The van der Waals surface area contributed by atoms with Gasteiger partial charge in [0.1, 0.15) is 17.6 Å². The molecule has 3 amide bonds. The summed E-state index contributed by atoms with van der Waals surface area (Å²) >= 11 is 1.18. The molecule has 0 fully saturated rings. The first-order valence-corrected chi connectivity index (χ1v) is 13.5. The molecule has 2 aliphatic heterocycles. The summed E-state index contributed by atoms with van der Waals surface area (Å²) in [7, 11) is 0. The van der Waals surface area contributed by atoms with Crippen LogP contribution < -0.4 is 15.4 Å². The normalized spacial score (nSPS) is 15.9. The first kappa shape index (κ1) is 26.4. The number of thioether (sulfide) groups is 1. The number of unbranched alkanes of at least 4 members (excludes halogenated alkanes) is 1. The topological polar surface area (TPSA) is 112 Å². The van der Waals surface area contributed by atoms with Crippen LogP contribution in [0.4, 0.5) is 11.4 Å². The lowest BCUT2D eigenvalue weighted by Gasteiger charge is -2.25. The number of nitrogens with one attached hydrogen (secondary N) is 2. The number of amides is 3. The SMILES string of the molecule is CCCCNC(=O)CC[C@H]1N=C2c3ccccc3N=C(SCC(=O)Nc3ccc(OCC)cc3)N2C1=O. The minimum Gasteiger partial charge on any atom is -0.494 e. The molecule has 1 atom stereocenters. The fraction of sp³-hybridized carbons (Fsp3) is 0.370. The number of ether oxygens (including phenoxy) is 1. The van der Waals surface area contributed by atoms with Crippen LogP contribution in [0.3, 0.4) is 0 Å². The minimum absolute atomic E-state index is 0.0653. The second-order valence-electron chi connectivity index (χ2n) is 8.59. The van der Waals surface area contributed by atoms with Gasteiger partial charge in [0.05, 0.1) is 18.0 Å². The molecule has 37 heavy (non-hydrogen) atoms. The van der Waals surface area contributed by atoms with Gasteiger partial charge in [0.15, 0.2) is 5.17 Å². The third kappa shape index (κ3) is 6.56. The molecule has 0 saturated heterocycles. The lowest BCUT2D eigenvalue weighted by Crippen LogP contribution is -2.41. The number of hydrogen-bond donors (Lipinski definition) is 2. The van der Waals surface area contributed by atoms with Crippen molar-refractivity contribution in [1.82, 2.24) is 10.2 Å². The number of carbonyl (C=O) groups is 3. The number of fused-ring (bicyclic) bond motifs is 3. The zero-order chi connectivity index (χ0) is 26.2. The number of hydrogen-bond acceptors (Lipinski definition) is 7. The molecule has 9 nitrogen and oxygen atoms in total. The summed E-state index contributed by atoms with van der Waals surface area (Å²) in [6, 6.07) is 14.0. The van der Waals surface area contributed by atoms with Crippen molar-refractivity contribution in [2.24, 2.45) is 9.98 Å². The van der Waals surface area contributed by atoms with Crippen molar-refractivity contribution in [3.8, 4) is 5.75 Å². The van der Waals surface area contributed by atoms with Crippen LogP contribution in [-0.4, -0.2) is 58.6 Å². The van der Waals surface area contributed by atoms with Gasteiger partial charge in [-0.3, -0.25) is 19.4 Å². The Morgan fingerprint density at radius 1 is 1.08 bits per heavy atom. The number of amidine groups is 2. The number of anilines is 1. The molecule has 0 aliphatic carbocycles. The summed E-state index contributed by atoms with van der Waals surface area (Å²) < 4.78 is 5.43. The molecule has 10 heteroatoms. The van der Waals surface area contributed by atoms with E-state index in [0.717, 1.165) is 24.2 Å². The molecule has 2 N–H and O–H groups in total. The van der Waals surface area contributed by atoms with E-state index >= 15 is 0 Å². The highest BCUT2D eigenvalue weighted by Gasteiger charge is 2.41. The van der Waals surface area contributed by atoms with Gasteiger partial charge >= 0.3 is 0 Å². The van der Waals surface area contributed by atoms with Crippen LogP contribution in [0.25, 0.3) is 0 Å². The van der Waals surface area contributed by atoms with E-state index in [1.165, 1.54) is 16.7 Å². The first-order chi connectivity index (χ1) is 18.0. The van der Waals surface area contributed by atoms with Gasteiger partial charge in [-0.05, 0) is 56.2 Å². The molecule has 194 valence electrons. The summed E-state index contributed by atoms with van der Waals surface area (Å²) in [4.78, 5) is 49.0. The monoisotopic (exact) mass is 521 g/mol. The number of carbonyl (C=O) groups excluding carboxylic acids is 3. The van der Waals surface area contributed by atoms with E-state index in [1.807, 2.05) is 31.2 Å². The van der Waals surface area contributed by atoms with E-state index in [0.29, 0.717) is 42.0 Å². The van der Waals surface area contributed by atoms with E-state index in [2.05, 4.69) is 27.5 Å². The number of aliphatic imine (C=N–C) groups is 2. The second kappa shape index (κ2) is 12.5. The third-order valence-corrected chi connectivity index (χ3v) is 6.77. The van der Waals surface area contributed by atoms with Gasteiger partial charge in [-0.15, -0.1) is 0 Å². The highest BCUT2D eigenvalue weighted by Crippen LogP contribution is 2.34. The molecule has 0 radical (unpaired) electrons. The van der Waals surface area contributed by atoms with E-state index in [4.69, 9.17) is 4.74 Å². The number of para-hydroxylation sites is 1. The van der Waals surface area contributed by atoms with Crippen LogP contribution in [0.5, 0.6) is 5.75 Å². The van der Waals surface area contributed by atoms with Crippen molar-refractivity contribution < 1.29 is 19.1 Å². The quantitative estimate of drug-likeness (QED) is 0.432. The Morgan fingerprint density at radius 2 is 1.86 bits per heavy atom. The van der Waals surface area contributed by atoms with Gasteiger partial charge in [-0.2, -0.15) is 0 Å². The Kier molecular flexibility index (Phi) is 8.95. The zero-order valence-electron chi connectivity index (χ0n) is 21.0. The average molecular weight is 522 g/mol. The van der Waals surface area contributed by atoms with Crippen LogP contribution in [0.15, 0.2) is 58.5 Å². The summed E-state index contributed by atoms with van der Waals surface area (Å²) in [6.45, 7) is 5.18. The number of rotatable bonds is 11. The molecule has 0 spiro atoms. The summed E-state index contributed by atoms with van der Waals surface area (Å²) in [6.07, 6.45) is 2.46. The van der Waals surface area contributed by atoms with Crippen LogP contribution in [0, 0.1) is 0 Å². The molecule has 0 aromatic heterocycles. The van der Waals surface area contributed by atoms with Gasteiger partial charge in [-0.25, -0.2) is 9.89 Å². The maximum absolute atomic E-state index is 13.3. The Bertz CT molecular complexity index is 1210. The van der Waals surface area contributed by atoms with Crippen molar-refractivity contribution in [3.05, 3.63) is 54.1 Å². The van der Waals surface area contributed by atoms with Gasteiger partial charge < -0.3 is 15.4 Å². The van der Waals surface area contributed by atoms with Crippen molar-refractivity contribution in [1.29, 1.82) is 0 Å².